The molecule has 0 amide bonds. The van der Waals surface area contributed by atoms with Gasteiger partial charge < -0.3 is 11.1 Å². The fourth-order valence-electron chi connectivity index (χ4n) is 2.29. The molecule has 1 aliphatic rings. The predicted molar refractivity (Wildman–Crippen MR) is 76.6 cm³/mol. The molecule has 0 aliphatic carbocycles. The molecule has 17 heavy (non-hydrogen) atoms. The Hall–Kier alpha value is -0.670. The van der Waals surface area contributed by atoms with Gasteiger partial charge in [0, 0.05) is 16.6 Å². The van der Waals surface area contributed by atoms with Crippen molar-refractivity contribution >= 4 is 17.4 Å². The van der Waals surface area contributed by atoms with Crippen molar-refractivity contribution in [3.8, 4) is 0 Å². The zero-order chi connectivity index (χ0) is 12.1. The smallest absolute Gasteiger partial charge is 0.0325 e. The molecule has 0 saturated carbocycles. The van der Waals surface area contributed by atoms with Gasteiger partial charge in [-0.05, 0) is 62.6 Å². The van der Waals surface area contributed by atoms with Gasteiger partial charge in [0.25, 0.3) is 0 Å². The first-order chi connectivity index (χ1) is 8.25. The van der Waals surface area contributed by atoms with E-state index in [0.717, 1.165) is 11.7 Å². The highest BCUT2D eigenvalue weighted by Gasteiger charge is 2.12. The van der Waals surface area contributed by atoms with Gasteiger partial charge in [-0.3, -0.25) is 0 Å². The molecule has 2 nitrogen and oxygen atoms in total. The van der Waals surface area contributed by atoms with E-state index in [4.69, 9.17) is 5.73 Å². The molecular formula is C14H22N2S. The molecule has 0 bridgehead atoms. The van der Waals surface area contributed by atoms with Gasteiger partial charge in [0.15, 0.2) is 0 Å². The summed E-state index contributed by atoms with van der Waals surface area (Å²) in [4.78, 5) is 1.34. The van der Waals surface area contributed by atoms with Gasteiger partial charge in [0.05, 0.1) is 0 Å². The van der Waals surface area contributed by atoms with Gasteiger partial charge in [0.1, 0.15) is 0 Å². The molecule has 1 atom stereocenters. The van der Waals surface area contributed by atoms with E-state index in [2.05, 4.69) is 24.4 Å². The van der Waals surface area contributed by atoms with E-state index in [1.165, 1.54) is 48.4 Å². The van der Waals surface area contributed by atoms with Gasteiger partial charge in [-0.25, -0.2) is 0 Å². The van der Waals surface area contributed by atoms with E-state index >= 15 is 0 Å². The lowest BCUT2D eigenvalue weighted by Gasteiger charge is -2.10. The number of nitrogens with two attached hydrogens (primary N) is 1. The van der Waals surface area contributed by atoms with E-state index in [9.17, 15) is 0 Å². The Morgan fingerprint density at radius 1 is 1.47 bits per heavy atom. The summed E-state index contributed by atoms with van der Waals surface area (Å²) in [6, 6.07) is 6.95. The number of aryl methyl sites for hydroxylation is 1. The van der Waals surface area contributed by atoms with Crippen LogP contribution in [0.2, 0.25) is 0 Å². The molecule has 1 aromatic carbocycles. The van der Waals surface area contributed by atoms with E-state index in [1.807, 2.05) is 17.8 Å². The van der Waals surface area contributed by atoms with Crippen molar-refractivity contribution in [2.45, 2.75) is 43.5 Å². The van der Waals surface area contributed by atoms with Crippen molar-refractivity contribution in [3.63, 3.8) is 0 Å². The van der Waals surface area contributed by atoms with Crippen LogP contribution in [0.5, 0.6) is 0 Å². The molecule has 1 unspecified atom stereocenters. The second-order valence-electron chi connectivity index (χ2n) is 4.81. The Morgan fingerprint density at radius 3 is 3.12 bits per heavy atom. The molecule has 94 valence electrons. The number of thioether (sulfide) groups is 1. The molecular weight excluding hydrogens is 228 g/mol. The number of nitrogens with one attached hydrogen (secondary N) is 1. The minimum atomic E-state index is 0.775. The van der Waals surface area contributed by atoms with E-state index in [1.54, 1.807) is 0 Å². The summed E-state index contributed by atoms with van der Waals surface area (Å²) in [5, 5.41) is 3.55. The summed E-state index contributed by atoms with van der Waals surface area (Å²) in [5.41, 5.74) is 8.02. The van der Waals surface area contributed by atoms with Crippen LogP contribution in [0.15, 0.2) is 23.1 Å². The summed E-state index contributed by atoms with van der Waals surface area (Å²) >= 11 is 1.94. The fraction of sp³-hybridized carbons (Fsp3) is 0.571. The Morgan fingerprint density at radius 2 is 2.35 bits per heavy atom. The summed E-state index contributed by atoms with van der Waals surface area (Å²) < 4.78 is 0. The van der Waals surface area contributed by atoms with Gasteiger partial charge >= 0.3 is 0 Å². The average Bonchev–Trinajstić information content (AvgIpc) is 2.82. The van der Waals surface area contributed by atoms with Crippen molar-refractivity contribution in [3.05, 3.63) is 23.8 Å². The van der Waals surface area contributed by atoms with Crippen LogP contribution in [0.4, 0.5) is 5.69 Å². The minimum Gasteiger partial charge on any atom is -0.399 e. The maximum atomic E-state index is 5.81. The maximum absolute atomic E-state index is 5.81. The van der Waals surface area contributed by atoms with Crippen molar-refractivity contribution in [2.75, 3.05) is 18.0 Å². The van der Waals surface area contributed by atoms with E-state index in [-0.39, 0.29) is 0 Å². The quantitative estimate of drug-likeness (QED) is 0.479. The van der Waals surface area contributed by atoms with Crippen LogP contribution >= 0.6 is 11.8 Å². The first kappa shape index (κ1) is 12.8. The van der Waals surface area contributed by atoms with Crippen LogP contribution in [0.1, 0.15) is 31.2 Å². The van der Waals surface area contributed by atoms with Crippen LogP contribution in [0, 0.1) is 6.92 Å². The van der Waals surface area contributed by atoms with Crippen LogP contribution in [-0.4, -0.2) is 18.3 Å². The molecule has 1 aromatic rings. The van der Waals surface area contributed by atoms with Crippen LogP contribution < -0.4 is 11.1 Å². The largest absolute Gasteiger partial charge is 0.399 e. The van der Waals surface area contributed by atoms with Crippen molar-refractivity contribution < 1.29 is 0 Å². The van der Waals surface area contributed by atoms with Gasteiger partial charge in [0.2, 0.25) is 0 Å². The molecule has 3 N–H and O–H groups in total. The number of hydrogen-bond donors (Lipinski definition) is 2. The number of anilines is 1. The molecule has 1 heterocycles. The summed E-state index contributed by atoms with van der Waals surface area (Å²) in [6.07, 6.45) is 5.32. The molecule has 1 aliphatic heterocycles. The van der Waals surface area contributed by atoms with Crippen LogP contribution in [0.25, 0.3) is 0 Å². The van der Waals surface area contributed by atoms with Gasteiger partial charge in [-0.15, -0.1) is 11.8 Å². The SMILES string of the molecule is Cc1ccc(N)cc1SCCCC1CCCN1. The third-order valence-electron chi connectivity index (χ3n) is 3.33. The average molecular weight is 250 g/mol. The number of nitrogen functional groups attached to an aromatic ring is 1. The van der Waals surface area contributed by atoms with Gasteiger partial charge in [-0.1, -0.05) is 6.07 Å². The molecule has 2 rings (SSSR count). The number of hydrogen-bond acceptors (Lipinski definition) is 3. The summed E-state index contributed by atoms with van der Waals surface area (Å²) in [7, 11) is 0. The third kappa shape index (κ3) is 3.93. The molecule has 1 fully saturated rings. The zero-order valence-electron chi connectivity index (χ0n) is 10.5. The highest BCUT2D eigenvalue weighted by Crippen LogP contribution is 2.26. The maximum Gasteiger partial charge on any atom is 0.0325 e. The molecule has 0 radical (unpaired) electrons. The summed E-state index contributed by atoms with van der Waals surface area (Å²) in [6.45, 7) is 3.37. The zero-order valence-corrected chi connectivity index (χ0v) is 11.4. The summed E-state index contributed by atoms with van der Waals surface area (Å²) in [5.74, 6) is 1.20. The third-order valence-corrected chi connectivity index (χ3v) is 4.57. The molecule has 3 heteroatoms. The standard InChI is InChI=1S/C14H22N2S/c1-11-6-7-12(15)10-14(11)17-9-3-5-13-4-2-8-16-13/h6-7,10,13,16H,2-5,8-9,15H2,1H3. The lowest BCUT2D eigenvalue weighted by Crippen LogP contribution is -2.20. The minimum absolute atomic E-state index is 0.775. The van der Waals surface area contributed by atoms with Crippen molar-refractivity contribution in [2.24, 2.45) is 0 Å². The fourth-order valence-corrected chi connectivity index (χ4v) is 3.33. The van der Waals surface area contributed by atoms with E-state index < -0.39 is 0 Å². The highest BCUT2D eigenvalue weighted by atomic mass is 32.2. The topological polar surface area (TPSA) is 38.0 Å². The first-order valence-corrected chi connectivity index (χ1v) is 7.46. The molecule has 1 saturated heterocycles. The first-order valence-electron chi connectivity index (χ1n) is 6.48. The Bertz CT molecular complexity index is 359. The van der Waals surface area contributed by atoms with Crippen molar-refractivity contribution in [1.29, 1.82) is 0 Å². The lowest BCUT2D eigenvalue weighted by atomic mass is 10.1. The highest BCUT2D eigenvalue weighted by molar-refractivity contribution is 7.99. The lowest BCUT2D eigenvalue weighted by molar-refractivity contribution is 0.553. The van der Waals surface area contributed by atoms with Crippen LogP contribution in [0.3, 0.4) is 0 Å². The van der Waals surface area contributed by atoms with Crippen molar-refractivity contribution in [1.82, 2.24) is 5.32 Å². The number of benzene rings is 1. The van der Waals surface area contributed by atoms with Gasteiger partial charge in [-0.2, -0.15) is 0 Å². The predicted octanol–water partition coefficient (Wildman–Crippen LogP) is 3.20. The second-order valence-corrected chi connectivity index (χ2v) is 5.95. The molecule has 0 aromatic heterocycles. The Balaban J connectivity index is 1.72. The second kappa shape index (κ2) is 6.31. The molecule has 0 spiro atoms. The Kier molecular flexibility index (Phi) is 4.75. The van der Waals surface area contributed by atoms with E-state index in [0.29, 0.717) is 0 Å². The normalized spacial score (nSPS) is 19.7. The number of rotatable bonds is 5. The van der Waals surface area contributed by atoms with Crippen LogP contribution in [-0.2, 0) is 0 Å². The monoisotopic (exact) mass is 250 g/mol. The Labute approximate surface area is 108 Å².